The van der Waals surface area contributed by atoms with Crippen LogP contribution in [0.15, 0.2) is 0 Å². The molecular formula is C9H18BrN. The van der Waals surface area contributed by atoms with Crippen LogP contribution in [0, 0.1) is 5.41 Å². The predicted octanol–water partition coefficient (Wildman–Crippen LogP) is 2.50. The highest BCUT2D eigenvalue weighted by atomic mass is 79.9. The Morgan fingerprint density at radius 2 is 2.18 bits per heavy atom. The Balaban J connectivity index is 2.20. The number of alkyl halides is 1. The monoisotopic (exact) mass is 219 g/mol. The van der Waals surface area contributed by atoms with E-state index in [1.54, 1.807) is 0 Å². The zero-order valence-electron chi connectivity index (χ0n) is 7.57. The minimum atomic E-state index is 0.576. The second-order valence-corrected chi connectivity index (χ2v) is 5.03. The Labute approximate surface area is 78.3 Å². The van der Waals surface area contributed by atoms with Crippen molar-refractivity contribution in [3.8, 4) is 0 Å². The van der Waals surface area contributed by atoms with Gasteiger partial charge in [-0.1, -0.05) is 29.8 Å². The van der Waals surface area contributed by atoms with Gasteiger partial charge in [-0.2, -0.15) is 0 Å². The van der Waals surface area contributed by atoms with Crippen LogP contribution in [0.2, 0.25) is 0 Å². The summed E-state index contributed by atoms with van der Waals surface area (Å²) < 4.78 is 0. The van der Waals surface area contributed by atoms with Crippen molar-refractivity contribution in [2.75, 3.05) is 25.0 Å². The fraction of sp³-hybridized carbons (Fsp3) is 1.00. The first kappa shape index (κ1) is 9.53. The molecule has 0 aromatic heterocycles. The van der Waals surface area contributed by atoms with E-state index >= 15 is 0 Å². The van der Waals surface area contributed by atoms with Crippen molar-refractivity contribution in [3.05, 3.63) is 0 Å². The maximum atomic E-state index is 3.46. The fourth-order valence-electron chi connectivity index (χ4n) is 1.70. The molecule has 0 N–H and O–H groups in total. The molecule has 1 rings (SSSR count). The summed E-state index contributed by atoms with van der Waals surface area (Å²) in [5, 5.41) is 1.14. The smallest absolute Gasteiger partial charge is 0.00434 e. The Morgan fingerprint density at radius 1 is 1.45 bits per heavy atom. The van der Waals surface area contributed by atoms with E-state index in [0.717, 1.165) is 5.33 Å². The molecular weight excluding hydrogens is 202 g/mol. The van der Waals surface area contributed by atoms with Gasteiger partial charge in [-0.05, 0) is 31.3 Å². The highest BCUT2D eigenvalue weighted by Gasteiger charge is 2.28. The zero-order valence-corrected chi connectivity index (χ0v) is 9.15. The average molecular weight is 220 g/mol. The van der Waals surface area contributed by atoms with Crippen molar-refractivity contribution >= 4 is 15.9 Å². The summed E-state index contributed by atoms with van der Waals surface area (Å²) in [6, 6.07) is 0. The van der Waals surface area contributed by atoms with Gasteiger partial charge in [0, 0.05) is 11.9 Å². The van der Waals surface area contributed by atoms with Gasteiger partial charge >= 0.3 is 0 Å². The molecule has 0 aromatic rings. The second-order valence-electron chi connectivity index (χ2n) is 4.23. The Bertz CT molecular complexity index is 123. The van der Waals surface area contributed by atoms with E-state index in [-0.39, 0.29) is 0 Å². The van der Waals surface area contributed by atoms with E-state index in [4.69, 9.17) is 0 Å². The SMILES string of the molecule is CC1(C)CCN(CCCBr)C1. The van der Waals surface area contributed by atoms with Crippen molar-refractivity contribution in [1.29, 1.82) is 0 Å². The Morgan fingerprint density at radius 3 is 2.64 bits per heavy atom. The average Bonchev–Trinajstić information content (AvgIpc) is 2.26. The van der Waals surface area contributed by atoms with Crippen molar-refractivity contribution in [3.63, 3.8) is 0 Å². The number of rotatable bonds is 3. The molecule has 0 bridgehead atoms. The largest absolute Gasteiger partial charge is 0.303 e. The van der Waals surface area contributed by atoms with Gasteiger partial charge in [-0.3, -0.25) is 0 Å². The zero-order chi connectivity index (χ0) is 8.32. The van der Waals surface area contributed by atoms with Gasteiger partial charge in [-0.25, -0.2) is 0 Å². The van der Waals surface area contributed by atoms with Gasteiger partial charge in [0.1, 0.15) is 0 Å². The van der Waals surface area contributed by atoms with Crippen molar-refractivity contribution in [2.24, 2.45) is 5.41 Å². The predicted molar refractivity (Wildman–Crippen MR) is 53.2 cm³/mol. The summed E-state index contributed by atoms with van der Waals surface area (Å²) in [5.74, 6) is 0. The molecule has 1 heterocycles. The summed E-state index contributed by atoms with van der Waals surface area (Å²) in [6.45, 7) is 8.59. The number of nitrogens with zero attached hydrogens (tertiary/aromatic N) is 1. The summed E-state index contributed by atoms with van der Waals surface area (Å²) in [7, 11) is 0. The molecule has 66 valence electrons. The topological polar surface area (TPSA) is 3.24 Å². The van der Waals surface area contributed by atoms with Crippen molar-refractivity contribution < 1.29 is 0 Å². The van der Waals surface area contributed by atoms with E-state index in [9.17, 15) is 0 Å². The van der Waals surface area contributed by atoms with Crippen LogP contribution in [-0.2, 0) is 0 Å². The molecule has 0 spiro atoms. The van der Waals surface area contributed by atoms with Gasteiger partial charge in [0.2, 0.25) is 0 Å². The number of halogens is 1. The van der Waals surface area contributed by atoms with E-state index in [1.807, 2.05) is 0 Å². The minimum Gasteiger partial charge on any atom is -0.303 e. The third-order valence-corrected chi connectivity index (χ3v) is 2.93. The first-order chi connectivity index (χ1) is 5.14. The lowest BCUT2D eigenvalue weighted by Crippen LogP contribution is -2.24. The van der Waals surface area contributed by atoms with E-state index in [0.29, 0.717) is 5.41 Å². The normalized spacial score (nSPS) is 24.3. The number of hydrogen-bond donors (Lipinski definition) is 0. The van der Waals surface area contributed by atoms with Gasteiger partial charge in [0.15, 0.2) is 0 Å². The van der Waals surface area contributed by atoms with Crippen molar-refractivity contribution in [2.45, 2.75) is 26.7 Å². The highest BCUT2D eigenvalue weighted by Crippen LogP contribution is 2.28. The van der Waals surface area contributed by atoms with Gasteiger partial charge in [0.05, 0.1) is 0 Å². The summed E-state index contributed by atoms with van der Waals surface area (Å²) >= 11 is 3.46. The van der Waals surface area contributed by atoms with Crippen LogP contribution < -0.4 is 0 Å². The third-order valence-electron chi connectivity index (χ3n) is 2.36. The number of hydrogen-bond acceptors (Lipinski definition) is 1. The lowest BCUT2D eigenvalue weighted by atomic mass is 9.93. The molecule has 0 amide bonds. The van der Waals surface area contributed by atoms with E-state index in [2.05, 4.69) is 34.7 Å². The van der Waals surface area contributed by atoms with Gasteiger partial charge in [-0.15, -0.1) is 0 Å². The molecule has 1 nitrogen and oxygen atoms in total. The quantitative estimate of drug-likeness (QED) is 0.660. The minimum absolute atomic E-state index is 0.576. The van der Waals surface area contributed by atoms with Gasteiger partial charge in [0.25, 0.3) is 0 Å². The Hall–Kier alpha value is 0.440. The number of likely N-dealkylation sites (tertiary alicyclic amines) is 1. The van der Waals surface area contributed by atoms with Crippen LogP contribution in [0.3, 0.4) is 0 Å². The highest BCUT2D eigenvalue weighted by molar-refractivity contribution is 9.09. The standard InChI is InChI=1S/C9H18BrN/c1-9(2)4-7-11(8-9)6-3-5-10/h3-8H2,1-2H3. The molecule has 1 fully saturated rings. The van der Waals surface area contributed by atoms with Crippen LogP contribution >= 0.6 is 15.9 Å². The third kappa shape index (κ3) is 3.12. The summed E-state index contributed by atoms with van der Waals surface area (Å²) in [6.07, 6.45) is 2.66. The molecule has 0 aromatic carbocycles. The molecule has 1 saturated heterocycles. The molecule has 0 atom stereocenters. The molecule has 0 saturated carbocycles. The second kappa shape index (κ2) is 3.90. The van der Waals surface area contributed by atoms with Crippen LogP contribution in [0.4, 0.5) is 0 Å². The lowest BCUT2D eigenvalue weighted by Gasteiger charge is -2.18. The van der Waals surface area contributed by atoms with Crippen LogP contribution in [0.5, 0.6) is 0 Å². The molecule has 1 aliphatic heterocycles. The maximum Gasteiger partial charge on any atom is 0.00434 e. The van der Waals surface area contributed by atoms with Crippen LogP contribution in [0.1, 0.15) is 26.7 Å². The molecule has 0 radical (unpaired) electrons. The molecule has 0 unspecified atom stereocenters. The van der Waals surface area contributed by atoms with Gasteiger partial charge < -0.3 is 4.90 Å². The summed E-state index contributed by atoms with van der Waals surface area (Å²) in [4.78, 5) is 2.57. The maximum absolute atomic E-state index is 3.46. The first-order valence-corrected chi connectivity index (χ1v) is 5.54. The molecule has 0 aliphatic carbocycles. The lowest BCUT2D eigenvalue weighted by molar-refractivity contribution is 0.292. The first-order valence-electron chi connectivity index (χ1n) is 4.42. The molecule has 1 aliphatic rings. The van der Waals surface area contributed by atoms with E-state index in [1.165, 1.54) is 32.5 Å². The molecule has 2 heteroatoms. The van der Waals surface area contributed by atoms with E-state index < -0.39 is 0 Å². The molecule has 11 heavy (non-hydrogen) atoms. The Kier molecular flexibility index (Phi) is 3.38. The fourth-order valence-corrected chi connectivity index (χ4v) is 1.95. The van der Waals surface area contributed by atoms with Crippen LogP contribution in [0.25, 0.3) is 0 Å². The van der Waals surface area contributed by atoms with Crippen LogP contribution in [-0.4, -0.2) is 29.9 Å². The van der Waals surface area contributed by atoms with Crippen molar-refractivity contribution in [1.82, 2.24) is 4.90 Å². The summed E-state index contributed by atoms with van der Waals surface area (Å²) in [5.41, 5.74) is 0.576.